The lowest BCUT2D eigenvalue weighted by Crippen LogP contribution is -2.21. The Labute approximate surface area is 103 Å². The highest BCUT2D eigenvalue weighted by Crippen LogP contribution is 2.28. The first-order chi connectivity index (χ1) is 8.17. The van der Waals surface area contributed by atoms with Gasteiger partial charge in [-0.3, -0.25) is 0 Å². The molecule has 0 bridgehead atoms. The van der Waals surface area contributed by atoms with Gasteiger partial charge in [0.05, 0.1) is 12.8 Å². The van der Waals surface area contributed by atoms with Crippen LogP contribution in [-0.2, 0) is 22.7 Å². The van der Waals surface area contributed by atoms with Crippen molar-refractivity contribution in [2.24, 2.45) is 0 Å². The molecule has 2 rings (SSSR count). The van der Waals surface area contributed by atoms with E-state index in [9.17, 15) is 21.6 Å². The molecule has 0 spiro atoms. The van der Waals surface area contributed by atoms with Gasteiger partial charge >= 0.3 is 6.18 Å². The van der Waals surface area contributed by atoms with Crippen molar-refractivity contribution in [2.45, 2.75) is 12.7 Å². The van der Waals surface area contributed by atoms with Crippen LogP contribution >= 0.6 is 11.3 Å². The minimum atomic E-state index is -4.66. The fourth-order valence-corrected chi connectivity index (χ4v) is 2.36. The van der Waals surface area contributed by atoms with Crippen molar-refractivity contribution in [2.75, 3.05) is 6.26 Å². The first-order valence-corrected chi connectivity index (χ1v) is 7.10. The molecule has 1 N–H and O–H groups in total. The van der Waals surface area contributed by atoms with Gasteiger partial charge in [-0.2, -0.15) is 22.8 Å². The predicted octanol–water partition coefficient (Wildman–Crippen LogP) is 0.254. The molecule has 7 nitrogen and oxygen atoms in total. The number of hydrogen-bond donors (Lipinski definition) is 1. The summed E-state index contributed by atoms with van der Waals surface area (Å²) in [6.45, 7) is -0.190. The van der Waals surface area contributed by atoms with Gasteiger partial charge in [0.1, 0.15) is 5.01 Å². The molecule has 100 valence electrons. The normalized spacial score (nSPS) is 13.3. The van der Waals surface area contributed by atoms with Gasteiger partial charge in [0.25, 0.3) is 5.82 Å². The number of nitrogens with one attached hydrogen (secondary N) is 1. The van der Waals surface area contributed by atoms with Gasteiger partial charge in [-0.15, -0.1) is 10.2 Å². The van der Waals surface area contributed by atoms with Crippen molar-refractivity contribution >= 4 is 26.3 Å². The molecule has 2 heterocycles. The Balaban J connectivity index is 2.31. The number of aromatic nitrogens is 4. The minimum Gasteiger partial charge on any atom is -0.213 e. The van der Waals surface area contributed by atoms with Gasteiger partial charge in [0.2, 0.25) is 15.0 Å². The third-order valence-electron chi connectivity index (χ3n) is 1.77. The summed E-state index contributed by atoms with van der Waals surface area (Å²) < 4.78 is 61.7. The van der Waals surface area contributed by atoms with Crippen LogP contribution in [0.3, 0.4) is 0 Å². The van der Waals surface area contributed by atoms with Gasteiger partial charge in [0, 0.05) is 0 Å². The van der Waals surface area contributed by atoms with E-state index in [1.54, 1.807) is 0 Å². The SMILES string of the molecule is CS(=O)(=O)NCc1nn2c(C(F)(F)F)nnc2s1. The first kappa shape index (κ1) is 13.2. The third kappa shape index (κ3) is 2.76. The molecule has 0 amide bonds. The predicted molar refractivity (Wildman–Crippen MR) is 55.3 cm³/mol. The largest absolute Gasteiger partial charge is 0.453 e. The molecule has 12 heteroatoms. The Morgan fingerprint density at radius 3 is 2.61 bits per heavy atom. The third-order valence-corrected chi connectivity index (χ3v) is 3.34. The molecule has 0 aliphatic carbocycles. The maximum atomic E-state index is 12.5. The van der Waals surface area contributed by atoms with E-state index in [0.29, 0.717) is 4.52 Å². The second-order valence-corrected chi connectivity index (χ2v) is 6.18. The van der Waals surface area contributed by atoms with E-state index < -0.39 is 22.0 Å². The van der Waals surface area contributed by atoms with Gasteiger partial charge in [0.15, 0.2) is 0 Å². The molecular weight excluding hydrogens is 295 g/mol. The molecule has 0 unspecified atom stereocenters. The summed E-state index contributed by atoms with van der Waals surface area (Å²) >= 11 is 0.826. The van der Waals surface area contributed by atoms with Crippen LogP contribution in [-0.4, -0.2) is 34.5 Å². The van der Waals surface area contributed by atoms with E-state index in [0.717, 1.165) is 17.6 Å². The number of hydrogen-bond acceptors (Lipinski definition) is 6. The number of halogens is 3. The van der Waals surface area contributed by atoms with Crippen molar-refractivity contribution in [3.05, 3.63) is 10.8 Å². The second kappa shape index (κ2) is 4.13. The zero-order chi connectivity index (χ0) is 13.6. The van der Waals surface area contributed by atoms with Gasteiger partial charge in [-0.05, 0) is 0 Å². The van der Waals surface area contributed by atoms with Gasteiger partial charge in [-0.25, -0.2) is 13.1 Å². The number of alkyl halides is 3. The number of rotatable bonds is 3. The zero-order valence-electron chi connectivity index (χ0n) is 8.76. The first-order valence-electron chi connectivity index (χ1n) is 4.40. The topological polar surface area (TPSA) is 89.2 Å². The van der Waals surface area contributed by atoms with Crippen LogP contribution < -0.4 is 4.72 Å². The highest BCUT2D eigenvalue weighted by molar-refractivity contribution is 7.88. The van der Waals surface area contributed by atoms with Gasteiger partial charge in [-0.1, -0.05) is 11.3 Å². The lowest BCUT2D eigenvalue weighted by molar-refractivity contribution is -0.146. The fourth-order valence-electron chi connectivity index (χ4n) is 1.10. The summed E-state index contributed by atoms with van der Waals surface area (Å²) in [7, 11) is -3.43. The minimum absolute atomic E-state index is 0.0485. The molecule has 0 aliphatic heterocycles. The Kier molecular flexibility index (Phi) is 3.03. The molecular formula is C6H6F3N5O2S2. The standard InChI is InChI=1S/C6H6F3N5O2S2/c1-18(15,16)10-2-3-13-14-4(6(7,8)9)11-12-5(14)17-3/h10H,2H2,1H3. The lowest BCUT2D eigenvalue weighted by atomic mass is 10.6. The summed E-state index contributed by atoms with van der Waals surface area (Å²) in [5.41, 5.74) is 0. The molecule has 18 heavy (non-hydrogen) atoms. The maximum absolute atomic E-state index is 12.5. The number of nitrogens with zero attached hydrogens (tertiary/aromatic N) is 4. The Hall–Kier alpha value is -1.27. The molecule has 0 aromatic carbocycles. The molecule has 0 atom stereocenters. The van der Waals surface area contributed by atoms with Crippen LogP contribution in [0, 0.1) is 0 Å². The van der Waals surface area contributed by atoms with Crippen LogP contribution in [0.25, 0.3) is 4.96 Å². The summed E-state index contributed by atoms with van der Waals surface area (Å²) in [4.78, 5) is -0.0485. The van der Waals surface area contributed by atoms with Crippen LogP contribution in [0.4, 0.5) is 13.2 Å². The van der Waals surface area contributed by atoms with Crippen LogP contribution in [0.15, 0.2) is 0 Å². The van der Waals surface area contributed by atoms with E-state index in [1.807, 2.05) is 0 Å². The monoisotopic (exact) mass is 301 g/mol. The Bertz CT molecular complexity index is 673. The molecule has 0 fully saturated rings. The van der Waals surface area contributed by atoms with E-state index in [2.05, 4.69) is 20.0 Å². The molecule has 2 aromatic heterocycles. The van der Waals surface area contributed by atoms with E-state index in [1.165, 1.54) is 0 Å². The summed E-state index contributed by atoms with van der Waals surface area (Å²) in [5.74, 6) is -1.24. The van der Waals surface area contributed by atoms with E-state index in [-0.39, 0.29) is 16.5 Å². The van der Waals surface area contributed by atoms with Gasteiger partial charge < -0.3 is 0 Å². The smallest absolute Gasteiger partial charge is 0.213 e. The molecule has 0 aliphatic rings. The summed E-state index contributed by atoms with van der Waals surface area (Å²) in [6, 6.07) is 0. The van der Waals surface area contributed by atoms with Crippen molar-refractivity contribution in [3.8, 4) is 0 Å². The van der Waals surface area contributed by atoms with Crippen LogP contribution in [0.2, 0.25) is 0 Å². The highest BCUT2D eigenvalue weighted by Gasteiger charge is 2.38. The Morgan fingerprint density at radius 2 is 2.06 bits per heavy atom. The molecule has 0 radical (unpaired) electrons. The summed E-state index contributed by atoms with van der Waals surface area (Å²) in [6.07, 6.45) is -3.72. The zero-order valence-corrected chi connectivity index (χ0v) is 10.4. The van der Waals surface area contributed by atoms with Crippen molar-refractivity contribution in [1.82, 2.24) is 24.5 Å². The second-order valence-electron chi connectivity index (χ2n) is 3.30. The fraction of sp³-hybridized carbons (Fsp3) is 0.500. The quantitative estimate of drug-likeness (QED) is 0.878. The average molecular weight is 301 g/mol. The maximum Gasteiger partial charge on any atom is 0.453 e. The van der Waals surface area contributed by atoms with E-state index in [4.69, 9.17) is 0 Å². The average Bonchev–Trinajstić information content (AvgIpc) is 2.68. The van der Waals surface area contributed by atoms with Crippen LogP contribution in [0.5, 0.6) is 0 Å². The summed E-state index contributed by atoms with van der Waals surface area (Å²) in [5, 5.41) is 10.1. The van der Waals surface area contributed by atoms with Crippen molar-refractivity contribution in [3.63, 3.8) is 0 Å². The number of fused-ring (bicyclic) bond motifs is 1. The Morgan fingerprint density at radius 1 is 1.39 bits per heavy atom. The lowest BCUT2D eigenvalue weighted by Gasteiger charge is -2.00. The number of sulfonamides is 1. The molecule has 2 aromatic rings. The van der Waals surface area contributed by atoms with Crippen LogP contribution in [0.1, 0.15) is 10.8 Å². The van der Waals surface area contributed by atoms with Crippen molar-refractivity contribution in [1.29, 1.82) is 0 Å². The molecule has 0 saturated carbocycles. The van der Waals surface area contributed by atoms with E-state index >= 15 is 0 Å². The highest BCUT2D eigenvalue weighted by atomic mass is 32.2. The van der Waals surface area contributed by atoms with Crippen molar-refractivity contribution < 1.29 is 21.6 Å². The molecule has 0 saturated heterocycles.